The van der Waals surface area contributed by atoms with Gasteiger partial charge in [-0.25, -0.2) is 4.39 Å². The van der Waals surface area contributed by atoms with Crippen LogP contribution in [0.15, 0.2) is 18.2 Å². The summed E-state index contributed by atoms with van der Waals surface area (Å²) >= 11 is 1.53. The molecule has 0 aliphatic heterocycles. The fourth-order valence-electron chi connectivity index (χ4n) is 1.34. The normalized spacial score (nSPS) is 12.5. The number of nitrogen functional groups attached to an aromatic ring is 1. The van der Waals surface area contributed by atoms with Crippen molar-refractivity contribution in [1.82, 2.24) is 0 Å². The second kappa shape index (κ2) is 5.91. The van der Waals surface area contributed by atoms with E-state index in [2.05, 4.69) is 5.32 Å². The summed E-state index contributed by atoms with van der Waals surface area (Å²) in [5, 5.41) is 2.66. The molecule has 1 aromatic carbocycles. The summed E-state index contributed by atoms with van der Waals surface area (Å²) in [6.07, 6.45) is 0. The van der Waals surface area contributed by atoms with Crippen LogP contribution in [-0.2, 0) is 4.79 Å². The summed E-state index contributed by atoms with van der Waals surface area (Å²) in [5.41, 5.74) is 6.09. The molecule has 0 heterocycles. The summed E-state index contributed by atoms with van der Waals surface area (Å²) < 4.78 is 13.4. The molecular weight excluding hydrogens is 239 g/mol. The number of rotatable bonds is 4. The van der Waals surface area contributed by atoms with Gasteiger partial charge in [0.15, 0.2) is 0 Å². The molecule has 5 heteroatoms. The molecule has 3 nitrogen and oxygen atoms in total. The van der Waals surface area contributed by atoms with Crippen LogP contribution in [0, 0.1) is 5.82 Å². The molecule has 1 aromatic rings. The first-order valence-corrected chi connectivity index (χ1v) is 6.35. The number of amides is 1. The van der Waals surface area contributed by atoms with Crippen molar-refractivity contribution in [1.29, 1.82) is 0 Å². The largest absolute Gasteiger partial charge is 0.399 e. The standard InChI is InChI=1S/C12H17FN2OS/c1-7(2)17-8(3)12(16)15-11-6-9(14)4-5-10(11)13/h4-8H,14H2,1-3H3,(H,15,16). The topological polar surface area (TPSA) is 55.1 Å². The van der Waals surface area contributed by atoms with E-state index in [0.29, 0.717) is 10.9 Å². The number of halogens is 1. The second-order valence-electron chi connectivity index (χ2n) is 4.06. The SMILES string of the molecule is CC(C)SC(C)C(=O)Nc1cc(N)ccc1F. The van der Waals surface area contributed by atoms with Gasteiger partial charge in [-0.2, -0.15) is 0 Å². The molecule has 0 radical (unpaired) electrons. The molecule has 0 saturated heterocycles. The third kappa shape index (κ3) is 4.26. The monoisotopic (exact) mass is 256 g/mol. The Kier molecular flexibility index (Phi) is 4.81. The average Bonchev–Trinajstić information content (AvgIpc) is 2.22. The smallest absolute Gasteiger partial charge is 0.237 e. The van der Waals surface area contributed by atoms with Crippen LogP contribution in [-0.4, -0.2) is 16.4 Å². The summed E-state index contributed by atoms with van der Waals surface area (Å²) in [4.78, 5) is 11.8. The Morgan fingerprint density at radius 1 is 1.41 bits per heavy atom. The predicted molar refractivity (Wildman–Crippen MR) is 71.6 cm³/mol. The molecule has 0 fully saturated rings. The molecule has 1 rings (SSSR count). The van der Waals surface area contributed by atoms with E-state index in [0.717, 1.165) is 0 Å². The Morgan fingerprint density at radius 3 is 2.65 bits per heavy atom. The van der Waals surface area contributed by atoms with Gasteiger partial charge in [-0.05, 0) is 30.4 Å². The van der Waals surface area contributed by atoms with E-state index in [1.165, 1.54) is 30.0 Å². The molecule has 17 heavy (non-hydrogen) atoms. The van der Waals surface area contributed by atoms with Crippen LogP contribution in [0.3, 0.4) is 0 Å². The minimum Gasteiger partial charge on any atom is -0.399 e. The van der Waals surface area contributed by atoms with Gasteiger partial charge in [-0.15, -0.1) is 11.8 Å². The Balaban J connectivity index is 2.70. The number of thioether (sulfide) groups is 1. The van der Waals surface area contributed by atoms with Crippen molar-refractivity contribution in [3.8, 4) is 0 Å². The molecule has 3 N–H and O–H groups in total. The van der Waals surface area contributed by atoms with Crippen molar-refractivity contribution >= 4 is 29.0 Å². The molecule has 0 aliphatic rings. The maximum absolute atomic E-state index is 13.4. The van der Waals surface area contributed by atoms with Gasteiger partial charge in [0, 0.05) is 5.69 Å². The van der Waals surface area contributed by atoms with Gasteiger partial charge in [0.1, 0.15) is 5.82 Å². The van der Waals surface area contributed by atoms with E-state index >= 15 is 0 Å². The third-order valence-electron chi connectivity index (χ3n) is 2.09. The highest BCUT2D eigenvalue weighted by atomic mass is 32.2. The van der Waals surface area contributed by atoms with E-state index < -0.39 is 5.82 Å². The predicted octanol–water partition coefficient (Wildman–Crippen LogP) is 2.88. The minimum atomic E-state index is -0.478. The minimum absolute atomic E-state index is 0.131. The number of nitrogens with one attached hydrogen (secondary N) is 1. The number of carbonyl (C=O) groups excluding carboxylic acids is 1. The molecule has 0 aliphatic carbocycles. The van der Waals surface area contributed by atoms with Gasteiger partial charge >= 0.3 is 0 Å². The van der Waals surface area contributed by atoms with Crippen molar-refractivity contribution in [3.05, 3.63) is 24.0 Å². The fourth-order valence-corrected chi connectivity index (χ4v) is 2.34. The highest BCUT2D eigenvalue weighted by Crippen LogP contribution is 2.21. The highest BCUT2D eigenvalue weighted by Gasteiger charge is 2.16. The van der Waals surface area contributed by atoms with Crippen LogP contribution >= 0.6 is 11.8 Å². The first-order valence-electron chi connectivity index (χ1n) is 5.41. The molecule has 1 unspecified atom stereocenters. The zero-order valence-electron chi connectivity index (χ0n) is 10.2. The number of carbonyl (C=O) groups is 1. The third-order valence-corrected chi connectivity index (χ3v) is 3.26. The van der Waals surface area contributed by atoms with Gasteiger partial charge in [0.2, 0.25) is 5.91 Å². The van der Waals surface area contributed by atoms with Gasteiger partial charge < -0.3 is 11.1 Å². The van der Waals surface area contributed by atoms with Crippen LogP contribution < -0.4 is 11.1 Å². The zero-order chi connectivity index (χ0) is 13.0. The highest BCUT2D eigenvalue weighted by molar-refractivity contribution is 8.01. The maximum Gasteiger partial charge on any atom is 0.237 e. The van der Waals surface area contributed by atoms with Crippen LogP contribution in [0.4, 0.5) is 15.8 Å². The van der Waals surface area contributed by atoms with Crippen LogP contribution in [0.1, 0.15) is 20.8 Å². The number of anilines is 2. The lowest BCUT2D eigenvalue weighted by molar-refractivity contribution is -0.115. The van der Waals surface area contributed by atoms with Crippen molar-refractivity contribution in [2.45, 2.75) is 31.3 Å². The lowest BCUT2D eigenvalue weighted by Gasteiger charge is -2.14. The van der Waals surface area contributed by atoms with E-state index in [4.69, 9.17) is 5.73 Å². The number of benzene rings is 1. The van der Waals surface area contributed by atoms with Gasteiger partial charge in [-0.3, -0.25) is 4.79 Å². The summed E-state index contributed by atoms with van der Waals surface area (Å²) in [6, 6.07) is 4.11. The van der Waals surface area contributed by atoms with E-state index in [-0.39, 0.29) is 16.8 Å². The molecule has 0 spiro atoms. The van der Waals surface area contributed by atoms with Crippen molar-refractivity contribution in [3.63, 3.8) is 0 Å². The van der Waals surface area contributed by atoms with Crippen LogP contribution in [0.25, 0.3) is 0 Å². The quantitative estimate of drug-likeness (QED) is 0.814. The van der Waals surface area contributed by atoms with Crippen molar-refractivity contribution < 1.29 is 9.18 Å². The average molecular weight is 256 g/mol. The number of hydrogen-bond acceptors (Lipinski definition) is 3. The summed E-state index contributed by atoms with van der Waals surface area (Å²) in [6.45, 7) is 5.81. The van der Waals surface area contributed by atoms with Crippen molar-refractivity contribution in [2.75, 3.05) is 11.1 Å². The van der Waals surface area contributed by atoms with Crippen LogP contribution in [0.5, 0.6) is 0 Å². The van der Waals surface area contributed by atoms with E-state index in [1.54, 1.807) is 6.92 Å². The first kappa shape index (κ1) is 13.8. The molecule has 0 saturated carbocycles. The second-order valence-corrected chi connectivity index (χ2v) is 5.98. The molecule has 1 amide bonds. The summed E-state index contributed by atoms with van der Waals surface area (Å²) in [7, 11) is 0. The lowest BCUT2D eigenvalue weighted by atomic mass is 10.2. The maximum atomic E-state index is 13.4. The number of nitrogens with two attached hydrogens (primary N) is 1. The molecule has 94 valence electrons. The fraction of sp³-hybridized carbons (Fsp3) is 0.417. The molecule has 0 bridgehead atoms. The van der Waals surface area contributed by atoms with Gasteiger partial charge in [0.25, 0.3) is 0 Å². The molecule has 1 atom stereocenters. The Hall–Kier alpha value is -1.23. The van der Waals surface area contributed by atoms with E-state index in [9.17, 15) is 9.18 Å². The number of hydrogen-bond donors (Lipinski definition) is 2. The molecule has 0 aromatic heterocycles. The van der Waals surface area contributed by atoms with Crippen LogP contribution in [0.2, 0.25) is 0 Å². The molecular formula is C12H17FN2OS. The zero-order valence-corrected chi connectivity index (χ0v) is 11.0. The first-order chi connectivity index (χ1) is 7.90. The Morgan fingerprint density at radius 2 is 2.06 bits per heavy atom. The Labute approximate surface area is 105 Å². The summed E-state index contributed by atoms with van der Waals surface area (Å²) in [5.74, 6) is -0.692. The van der Waals surface area contributed by atoms with Gasteiger partial charge in [0.05, 0.1) is 10.9 Å². The van der Waals surface area contributed by atoms with Gasteiger partial charge in [-0.1, -0.05) is 13.8 Å². The Bertz CT molecular complexity index is 409. The lowest BCUT2D eigenvalue weighted by Crippen LogP contribution is -2.24. The van der Waals surface area contributed by atoms with E-state index in [1.807, 2.05) is 13.8 Å². The van der Waals surface area contributed by atoms with Crippen molar-refractivity contribution in [2.24, 2.45) is 0 Å².